The summed E-state index contributed by atoms with van der Waals surface area (Å²) >= 11 is 0. The minimum absolute atomic E-state index is 0.128. The van der Waals surface area contributed by atoms with E-state index in [1.165, 1.54) is 18.2 Å². The van der Waals surface area contributed by atoms with Crippen LogP contribution in [-0.4, -0.2) is 36.9 Å². The lowest BCUT2D eigenvalue weighted by Crippen LogP contribution is -2.38. The highest BCUT2D eigenvalue weighted by molar-refractivity contribution is 5.78. The first-order valence-corrected chi connectivity index (χ1v) is 7.40. The summed E-state index contributed by atoms with van der Waals surface area (Å²) in [5.74, 6) is 0.215. The Labute approximate surface area is 128 Å². The molecule has 0 bridgehead atoms. The SMILES string of the molecule is CC(=O)C1CCN(CCOc2ccccc2C(F)(F)F)CC1. The van der Waals surface area contributed by atoms with E-state index < -0.39 is 11.7 Å². The maximum atomic E-state index is 12.8. The molecule has 1 heterocycles. The second-order valence-electron chi connectivity index (χ2n) is 5.57. The van der Waals surface area contributed by atoms with Gasteiger partial charge in [-0.2, -0.15) is 13.2 Å². The smallest absolute Gasteiger partial charge is 0.419 e. The van der Waals surface area contributed by atoms with Crippen LogP contribution in [0.15, 0.2) is 24.3 Å². The third-order valence-electron chi connectivity index (χ3n) is 4.02. The first-order valence-electron chi connectivity index (χ1n) is 7.40. The highest BCUT2D eigenvalue weighted by atomic mass is 19.4. The minimum atomic E-state index is -4.41. The van der Waals surface area contributed by atoms with Gasteiger partial charge in [-0.15, -0.1) is 0 Å². The van der Waals surface area contributed by atoms with Gasteiger partial charge in [-0.05, 0) is 45.0 Å². The molecule has 2 rings (SSSR count). The van der Waals surface area contributed by atoms with Crippen LogP contribution in [0.5, 0.6) is 5.75 Å². The molecule has 122 valence electrons. The van der Waals surface area contributed by atoms with Crippen molar-refractivity contribution in [2.75, 3.05) is 26.2 Å². The number of carbonyl (C=O) groups is 1. The van der Waals surface area contributed by atoms with Crippen LogP contribution in [0.3, 0.4) is 0 Å². The quantitative estimate of drug-likeness (QED) is 0.834. The van der Waals surface area contributed by atoms with Crippen molar-refractivity contribution in [1.82, 2.24) is 4.90 Å². The van der Waals surface area contributed by atoms with E-state index in [9.17, 15) is 18.0 Å². The van der Waals surface area contributed by atoms with Crippen molar-refractivity contribution in [3.63, 3.8) is 0 Å². The molecule has 0 amide bonds. The van der Waals surface area contributed by atoms with Crippen molar-refractivity contribution < 1.29 is 22.7 Å². The van der Waals surface area contributed by atoms with Crippen LogP contribution in [0.1, 0.15) is 25.3 Å². The number of hydrogen-bond donors (Lipinski definition) is 0. The van der Waals surface area contributed by atoms with E-state index in [1.807, 2.05) is 0 Å². The average molecular weight is 315 g/mol. The summed E-state index contributed by atoms with van der Waals surface area (Å²) in [6, 6.07) is 5.24. The number of ether oxygens (including phenoxy) is 1. The largest absolute Gasteiger partial charge is 0.492 e. The molecular weight excluding hydrogens is 295 g/mol. The lowest BCUT2D eigenvalue weighted by atomic mass is 9.93. The average Bonchev–Trinajstić information content (AvgIpc) is 2.47. The molecule has 6 heteroatoms. The van der Waals surface area contributed by atoms with Gasteiger partial charge in [0, 0.05) is 12.5 Å². The third kappa shape index (κ3) is 4.47. The molecule has 0 atom stereocenters. The van der Waals surface area contributed by atoms with Crippen molar-refractivity contribution in [1.29, 1.82) is 0 Å². The van der Waals surface area contributed by atoms with E-state index in [0.717, 1.165) is 32.0 Å². The fourth-order valence-corrected chi connectivity index (χ4v) is 2.67. The van der Waals surface area contributed by atoms with E-state index in [2.05, 4.69) is 4.90 Å². The Balaban J connectivity index is 1.82. The van der Waals surface area contributed by atoms with Gasteiger partial charge in [0.1, 0.15) is 18.1 Å². The molecule has 1 aliphatic rings. The summed E-state index contributed by atoms with van der Waals surface area (Å²) in [6.45, 7) is 3.95. The minimum Gasteiger partial charge on any atom is -0.492 e. The Morgan fingerprint density at radius 1 is 1.27 bits per heavy atom. The fraction of sp³-hybridized carbons (Fsp3) is 0.562. The molecule has 0 radical (unpaired) electrons. The zero-order chi connectivity index (χ0) is 16.2. The maximum absolute atomic E-state index is 12.8. The van der Waals surface area contributed by atoms with E-state index >= 15 is 0 Å². The van der Waals surface area contributed by atoms with E-state index in [4.69, 9.17) is 4.74 Å². The highest BCUT2D eigenvalue weighted by Crippen LogP contribution is 2.35. The Bertz CT molecular complexity index is 508. The highest BCUT2D eigenvalue weighted by Gasteiger charge is 2.34. The summed E-state index contributed by atoms with van der Waals surface area (Å²) in [5, 5.41) is 0. The Hall–Kier alpha value is -1.56. The van der Waals surface area contributed by atoms with Crippen LogP contribution in [-0.2, 0) is 11.0 Å². The molecule has 1 fully saturated rings. The molecule has 0 saturated carbocycles. The Kier molecular flexibility index (Phi) is 5.45. The fourth-order valence-electron chi connectivity index (χ4n) is 2.67. The van der Waals surface area contributed by atoms with Crippen LogP contribution in [0.25, 0.3) is 0 Å². The van der Waals surface area contributed by atoms with Crippen molar-refractivity contribution >= 4 is 5.78 Å². The van der Waals surface area contributed by atoms with Crippen LogP contribution in [0, 0.1) is 5.92 Å². The second kappa shape index (κ2) is 7.13. The molecule has 0 aromatic heterocycles. The van der Waals surface area contributed by atoms with Gasteiger partial charge in [-0.25, -0.2) is 0 Å². The zero-order valence-electron chi connectivity index (χ0n) is 12.5. The lowest BCUT2D eigenvalue weighted by molar-refractivity contribution is -0.139. The first-order chi connectivity index (χ1) is 10.4. The lowest BCUT2D eigenvalue weighted by Gasteiger charge is -2.30. The summed E-state index contributed by atoms with van der Waals surface area (Å²) < 4.78 is 43.8. The molecule has 1 aliphatic heterocycles. The zero-order valence-corrected chi connectivity index (χ0v) is 12.5. The summed E-state index contributed by atoms with van der Waals surface area (Å²) in [7, 11) is 0. The second-order valence-corrected chi connectivity index (χ2v) is 5.57. The van der Waals surface area contributed by atoms with Gasteiger partial charge in [0.2, 0.25) is 0 Å². The van der Waals surface area contributed by atoms with Crippen LogP contribution >= 0.6 is 0 Å². The van der Waals surface area contributed by atoms with E-state index in [0.29, 0.717) is 6.54 Å². The molecule has 0 spiro atoms. The van der Waals surface area contributed by atoms with Gasteiger partial charge in [-0.3, -0.25) is 9.69 Å². The van der Waals surface area contributed by atoms with Gasteiger partial charge in [0.25, 0.3) is 0 Å². The summed E-state index contributed by atoms with van der Waals surface area (Å²) in [5.41, 5.74) is -0.745. The third-order valence-corrected chi connectivity index (χ3v) is 4.02. The number of benzene rings is 1. The number of hydrogen-bond acceptors (Lipinski definition) is 3. The maximum Gasteiger partial charge on any atom is 0.419 e. The van der Waals surface area contributed by atoms with Crippen molar-refractivity contribution in [2.45, 2.75) is 25.9 Å². The molecule has 0 aliphatic carbocycles. The number of carbonyl (C=O) groups excluding carboxylic acids is 1. The monoisotopic (exact) mass is 315 g/mol. The normalized spacial score (nSPS) is 17.5. The van der Waals surface area contributed by atoms with Crippen molar-refractivity contribution in [2.24, 2.45) is 5.92 Å². The van der Waals surface area contributed by atoms with Crippen LogP contribution < -0.4 is 4.74 Å². The molecule has 3 nitrogen and oxygen atoms in total. The number of Topliss-reactive ketones (excluding diaryl/α,β-unsaturated/α-hetero) is 1. The molecule has 1 saturated heterocycles. The Morgan fingerprint density at radius 3 is 2.50 bits per heavy atom. The molecule has 22 heavy (non-hydrogen) atoms. The number of likely N-dealkylation sites (tertiary alicyclic amines) is 1. The number of para-hydroxylation sites is 1. The topological polar surface area (TPSA) is 29.5 Å². The predicted octanol–water partition coefficient (Wildman–Crippen LogP) is 3.39. The standard InChI is InChI=1S/C16H20F3NO2/c1-12(21)13-6-8-20(9-7-13)10-11-22-15-5-3-2-4-14(15)16(17,18)19/h2-5,13H,6-11H2,1H3. The van der Waals surface area contributed by atoms with Crippen LogP contribution in [0.4, 0.5) is 13.2 Å². The molecular formula is C16H20F3NO2. The Morgan fingerprint density at radius 2 is 1.91 bits per heavy atom. The molecule has 1 aromatic rings. The summed E-state index contributed by atoms with van der Waals surface area (Å²) in [4.78, 5) is 13.4. The number of nitrogens with zero attached hydrogens (tertiary/aromatic N) is 1. The number of alkyl halides is 3. The van der Waals surface area contributed by atoms with Gasteiger partial charge in [0.05, 0.1) is 5.56 Å². The number of rotatable bonds is 5. The number of ketones is 1. The molecule has 0 N–H and O–H groups in total. The predicted molar refractivity (Wildman–Crippen MR) is 76.8 cm³/mol. The van der Waals surface area contributed by atoms with Crippen molar-refractivity contribution in [3.05, 3.63) is 29.8 Å². The number of halogens is 3. The van der Waals surface area contributed by atoms with Gasteiger partial charge in [-0.1, -0.05) is 12.1 Å². The summed E-state index contributed by atoms with van der Waals surface area (Å²) in [6.07, 6.45) is -2.78. The van der Waals surface area contributed by atoms with Gasteiger partial charge < -0.3 is 4.74 Å². The van der Waals surface area contributed by atoms with Gasteiger partial charge >= 0.3 is 6.18 Å². The molecule has 1 aromatic carbocycles. The van der Waals surface area contributed by atoms with E-state index in [1.54, 1.807) is 6.92 Å². The first kappa shape index (κ1) is 16.8. The molecule has 0 unspecified atom stereocenters. The number of piperidine rings is 1. The van der Waals surface area contributed by atoms with Crippen molar-refractivity contribution in [3.8, 4) is 5.75 Å². The van der Waals surface area contributed by atoms with Gasteiger partial charge in [0.15, 0.2) is 0 Å². The van der Waals surface area contributed by atoms with E-state index in [-0.39, 0.29) is 24.1 Å². The van der Waals surface area contributed by atoms with Crippen LogP contribution in [0.2, 0.25) is 0 Å².